The fourth-order valence-electron chi connectivity index (χ4n) is 2.42. The van der Waals surface area contributed by atoms with Crippen molar-refractivity contribution in [2.45, 2.75) is 25.7 Å². The van der Waals surface area contributed by atoms with E-state index in [1.54, 1.807) is 48.5 Å². The van der Waals surface area contributed by atoms with Crippen molar-refractivity contribution in [3.8, 4) is 5.75 Å². The van der Waals surface area contributed by atoms with E-state index in [4.69, 9.17) is 21.1 Å². The Morgan fingerprint density at radius 2 is 1.57 bits per heavy atom. The molecule has 0 saturated heterocycles. The van der Waals surface area contributed by atoms with Crippen molar-refractivity contribution < 1.29 is 19.1 Å². The first-order chi connectivity index (χ1) is 13.6. The summed E-state index contributed by atoms with van der Waals surface area (Å²) in [6.45, 7) is 4.37. The van der Waals surface area contributed by atoms with Crippen molar-refractivity contribution in [1.29, 1.82) is 0 Å². The molecule has 28 heavy (non-hydrogen) atoms. The van der Waals surface area contributed by atoms with Gasteiger partial charge in [-0.15, -0.1) is 0 Å². The van der Waals surface area contributed by atoms with E-state index in [0.29, 0.717) is 29.5 Å². The summed E-state index contributed by atoms with van der Waals surface area (Å²) in [4.78, 5) is 23.1. The van der Waals surface area contributed by atoms with E-state index in [0.717, 1.165) is 31.4 Å². The van der Waals surface area contributed by atoms with Crippen molar-refractivity contribution in [1.82, 2.24) is 0 Å². The second-order valence-electron chi connectivity index (χ2n) is 6.12. The van der Waals surface area contributed by atoms with Crippen LogP contribution in [0.25, 0.3) is 0 Å². The lowest BCUT2D eigenvalue weighted by atomic mass is 10.2. The van der Waals surface area contributed by atoms with Crippen LogP contribution in [0.2, 0.25) is 5.02 Å². The van der Waals surface area contributed by atoms with Crippen LogP contribution in [0.1, 0.15) is 36.0 Å². The number of unbranched alkanes of at least 4 members (excludes halogenated alkanes) is 3. The molecule has 2 aromatic rings. The smallest absolute Gasteiger partial charge is 0.330 e. The van der Waals surface area contributed by atoms with Crippen LogP contribution in [0.15, 0.2) is 61.2 Å². The van der Waals surface area contributed by atoms with Crippen molar-refractivity contribution in [3.63, 3.8) is 0 Å². The molecule has 0 bridgehead atoms. The minimum atomic E-state index is -0.381. The molecule has 2 rings (SSSR count). The maximum Gasteiger partial charge on any atom is 0.330 e. The topological polar surface area (TPSA) is 64.6 Å². The Balaban J connectivity index is 1.64. The van der Waals surface area contributed by atoms with Gasteiger partial charge in [0, 0.05) is 22.3 Å². The molecule has 1 amide bonds. The highest BCUT2D eigenvalue weighted by molar-refractivity contribution is 6.30. The lowest BCUT2D eigenvalue weighted by molar-refractivity contribution is -0.137. The highest BCUT2D eigenvalue weighted by Gasteiger charge is 2.06. The zero-order valence-corrected chi connectivity index (χ0v) is 16.4. The van der Waals surface area contributed by atoms with E-state index >= 15 is 0 Å². The van der Waals surface area contributed by atoms with Gasteiger partial charge in [-0.1, -0.05) is 18.2 Å². The van der Waals surface area contributed by atoms with Crippen LogP contribution in [-0.2, 0) is 9.53 Å². The second-order valence-corrected chi connectivity index (χ2v) is 6.56. The van der Waals surface area contributed by atoms with E-state index in [2.05, 4.69) is 11.9 Å². The molecule has 0 fully saturated rings. The number of carbonyl (C=O) groups excluding carboxylic acids is 2. The van der Waals surface area contributed by atoms with E-state index in [1.807, 2.05) is 0 Å². The standard InChI is InChI=1S/C22H24ClNO4/c1-2-21(25)28-16-6-4-3-5-15-27-20-13-7-17(8-14-20)22(26)24-19-11-9-18(23)10-12-19/h2,7-14H,1,3-6,15-16H2,(H,24,26). The van der Waals surface area contributed by atoms with E-state index in [1.165, 1.54) is 6.08 Å². The molecule has 148 valence electrons. The molecule has 0 spiro atoms. The Labute approximate surface area is 170 Å². The molecular formula is C22H24ClNO4. The molecule has 0 aliphatic heterocycles. The summed E-state index contributed by atoms with van der Waals surface area (Å²) >= 11 is 5.84. The van der Waals surface area contributed by atoms with E-state index in [-0.39, 0.29) is 11.9 Å². The summed E-state index contributed by atoms with van der Waals surface area (Å²) in [5.74, 6) is 0.155. The Hall–Kier alpha value is -2.79. The number of anilines is 1. The lowest BCUT2D eigenvalue weighted by Crippen LogP contribution is -2.11. The van der Waals surface area contributed by atoms with Crippen molar-refractivity contribution >= 4 is 29.2 Å². The average Bonchev–Trinajstić information content (AvgIpc) is 2.71. The zero-order valence-electron chi connectivity index (χ0n) is 15.7. The first-order valence-corrected chi connectivity index (χ1v) is 9.55. The molecule has 0 unspecified atom stereocenters. The number of carbonyl (C=O) groups is 2. The molecule has 0 aliphatic rings. The van der Waals surface area contributed by atoms with Gasteiger partial charge in [0.05, 0.1) is 13.2 Å². The monoisotopic (exact) mass is 401 g/mol. The zero-order chi connectivity index (χ0) is 20.2. The predicted molar refractivity (Wildman–Crippen MR) is 111 cm³/mol. The van der Waals surface area contributed by atoms with Gasteiger partial charge in [0.25, 0.3) is 5.91 Å². The number of ether oxygens (including phenoxy) is 2. The predicted octanol–water partition coefficient (Wildman–Crippen LogP) is 5.26. The van der Waals surface area contributed by atoms with Gasteiger partial charge in [-0.05, 0) is 74.2 Å². The molecular weight excluding hydrogens is 378 g/mol. The molecule has 1 N–H and O–H groups in total. The van der Waals surface area contributed by atoms with Gasteiger partial charge in [-0.2, -0.15) is 0 Å². The van der Waals surface area contributed by atoms with Gasteiger partial charge in [-0.25, -0.2) is 4.79 Å². The van der Waals surface area contributed by atoms with Crippen LogP contribution in [0.4, 0.5) is 5.69 Å². The minimum absolute atomic E-state index is 0.189. The van der Waals surface area contributed by atoms with Crippen molar-refractivity contribution in [3.05, 3.63) is 71.8 Å². The summed E-state index contributed by atoms with van der Waals surface area (Å²) in [5, 5.41) is 3.44. The first kappa shape index (κ1) is 21.5. The Morgan fingerprint density at radius 1 is 0.929 bits per heavy atom. The average molecular weight is 402 g/mol. The molecule has 0 atom stereocenters. The van der Waals surface area contributed by atoms with Gasteiger partial charge in [-0.3, -0.25) is 4.79 Å². The summed E-state index contributed by atoms with van der Waals surface area (Å²) in [7, 11) is 0. The third-order valence-electron chi connectivity index (χ3n) is 3.94. The molecule has 0 heterocycles. The Bertz CT molecular complexity index is 772. The summed E-state index contributed by atoms with van der Waals surface area (Å²) in [6, 6.07) is 14.0. The van der Waals surface area contributed by atoms with Gasteiger partial charge in [0.15, 0.2) is 0 Å². The van der Waals surface area contributed by atoms with Crippen LogP contribution in [0.3, 0.4) is 0 Å². The highest BCUT2D eigenvalue weighted by atomic mass is 35.5. The molecule has 0 aliphatic carbocycles. The van der Waals surface area contributed by atoms with Crippen LogP contribution in [-0.4, -0.2) is 25.1 Å². The van der Waals surface area contributed by atoms with Gasteiger partial charge in [0.1, 0.15) is 5.75 Å². The number of amides is 1. The maximum absolute atomic E-state index is 12.2. The lowest BCUT2D eigenvalue weighted by Gasteiger charge is -2.08. The van der Waals surface area contributed by atoms with Crippen molar-refractivity contribution in [2.24, 2.45) is 0 Å². The van der Waals surface area contributed by atoms with Crippen LogP contribution in [0.5, 0.6) is 5.75 Å². The SMILES string of the molecule is C=CC(=O)OCCCCCCOc1ccc(C(=O)Nc2ccc(Cl)cc2)cc1. The van der Waals surface area contributed by atoms with E-state index in [9.17, 15) is 9.59 Å². The second kappa shape index (κ2) is 11.8. The third kappa shape index (κ3) is 7.84. The fraction of sp³-hybridized carbons (Fsp3) is 0.273. The van der Waals surface area contributed by atoms with Crippen molar-refractivity contribution in [2.75, 3.05) is 18.5 Å². The molecule has 2 aromatic carbocycles. The molecule has 5 nitrogen and oxygen atoms in total. The van der Waals surface area contributed by atoms with Gasteiger partial charge < -0.3 is 14.8 Å². The molecule has 6 heteroatoms. The molecule has 0 radical (unpaired) electrons. The number of esters is 1. The van der Waals surface area contributed by atoms with E-state index < -0.39 is 0 Å². The number of hydrogen-bond acceptors (Lipinski definition) is 4. The highest BCUT2D eigenvalue weighted by Crippen LogP contribution is 2.17. The quantitative estimate of drug-likeness (QED) is 0.317. The fourth-order valence-corrected chi connectivity index (χ4v) is 2.54. The number of hydrogen-bond donors (Lipinski definition) is 1. The number of benzene rings is 2. The molecule has 0 saturated carbocycles. The summed E-state index contributed by atoms with van der Waals surface area (Å²) in [6.07, 6.45) is 4.87. The van der Waals surface area contributed by atoms with Gasteiger partial charge >= 0.3 is 5.97 Å². The third-order valence-corrected chi connectivity index (χ3v) is 4.19. The normalized spacial score (nSPS) is 10.2. The Kier molecular flexibility index (Phi) is 9.08. The first-order valence-electron chi connectivity index (χ1n) is 9.17. The summed E-state index contributed by atoms with van der Waals surface area (Å²) in [5.41, 5.74) is 1.24. The largest absolute Gasteiger partial charge is 0.494 e. The maximum atomic E-state index is 12.2. The number of nitrogens with one attached hydrogen (secondary N) is 1. The van der Waals surface area contributed by atoms with Crippen LogP contribution >= 0.6 is 11.6 Å². The van der Waals surface area contributed by atoms with Gasteiger partial charge in [0.2, 0.25) is 0 Å². The number of halogens is 1. The van der Waals surface area contributed by atoms with Crippen LogP contribution in [0, 0.1) is 0 Å². The number of rotatable bonds is 11. The molecule has 0 aromatic heterocycles. The Morgan fingerprint density at radius 3 is 2.21 bits per heavy atom. The van der Waals surface area contributed by atoms with Crippen LogP contribution < -0.4 is 10.1 Å². The minimum Gasteiger partial charge on any atom is -0.494 e. The summed E-state index contributed by atoms with van der Waals surface area (Å²) < 4.78 is 10.6.